The second kappa shape index (κ2) is 4.20. The van der Waals surface area contributed by atoms with Gasteiger partial charge in [-0.15, -0.1) is 0 Å². The molecule has 3 aliphatic rings. The van der Waals surface area contributed by atoms with Crippen LogP contribution in [-0.2, 0) is 9.53 Å². The minimum atomic E-state index is -0.225. The molecule has 0 radical (unpaired) electrons. The second-order valence-electron chi connectivity index (χ2n) is 4.95. The van der Waals surface area contributed by atoms with Crippen molar-refractivity contribution in [3.8, 4) is 0 Å². The molecular formula is C18H12O2. The zero-order valence-electron chi connectivity index (χ0n) is 10.8. The third kappa shape index (κ3) is 1.55. The molecule has 1 aromatic rings. The third-order valence-electron chi connectivity index (χ3n) is 3.77. The summed E-state index contributed by atoms with van der Waals surface area (Å²) in [5, 5.41) is 0. The molecule has 2 heteroatoms. The lowest BCUT2D eigenvalue weighted by Crippen LogP contribution is -2.00. The van der Waals surface area contributed by atoms with Crippen LogP contribution >= 0.6 is 0 Å². The van der Waals surface area contributed by atoms with E-state index in [4.69, 9.17) is 4.74 Å². The van der Waals surface area contributed by atoms with Crippen molar-refractivity contribution >= 4 is 17.6 Å². The number of allylic oxidation sites excluding steroid dienone is 7. The maximum Gasteiger partial charge on any atom is 0.339 e. The van der Waals surface area contributed by atoms with Gasteiger partial charge in [-0.05, 0) is 28.3 Å². The zero-order chi connectivity index (χ0) is 13.5. The van der Waals surface area contributed by atoms with E-state index in [0.29, 0.717) is 12.2 Å². The lowest BCUT2D eigenvalue weighted by Gasteiger charge is -2.10. The lowest BCUT2D eigenvalue weighted by molar-refractivity contribution is -0.135. The molecule has 4 rings (SSSR count). The molecule has 96 valence electrons. The Morgan fingerprint density at radius 2 is 1.95 bits per heavy atom. The zero-order valence-corrected chi connectivity index (χ0v) is 10.8. The highest BCUT2D eigenvalue weighted by Gasteiger charge is 2.31. The van der Waals surface area contributed by atoms with Crippen LogP contribution in [-0.4, -0.2) is 12.6 Å². The summed E-state index contributed by atoms with van der Waals surface area (Å²) in [7, 11) is 0. The Morgan fingerprint density at radius 1 is 1.05 bits per heavy atom. The van der Waals surface area contributed by atoms with Gasteiger partial charge in [0.15, 0.2) is 0 Å². The molecule has 0 aromatic heterocycles. The standard InChI is InChI=1S/C18H12O2/c19-18-17-13(11-20-18)10-12-6-4-5-7-14(12)15-8-2-1-3-9-16(15)17/h1-10H,11H2. The molecule has 1 heterocycles. The minimum Gasteiger partial charge on any atom is -0.457 e. The monoisotopic (exact) mass is 260 g/mol. The molecular weight excluding hydrogens is 248 g/mol. The molecule has 0 bridgehead atoms. The maximum absolute atomic E-state index is 12.1. The van der Waals surface area contributed by atoms with Crippen molar-refractivity contribution in [3.05, 3.63) is 82.5 Å². The summed E-state index contributed by atoms with van der Waals surface area (Å²) >= 11 is 0. The van der Waals surface area contributed by atoms with Crippen molar-refractivity contribution in [2.75, 3.05) is 6.61 Å². The Labute approximate surface area is 117 Å². The molecule has 1 saturated heterocycles. The first-order valence-electron chi connectivity index (χ1n) is 6.62. The highest BCUT2D eigenvalue weighted by molar-refractivity contribution is 6.06. The number of rotatable bonds is 0. The van der Waals surface area contributed by atoms with Gasteiger partial charge < -0.3 is 4.74 Å². The number of fused-ring (bicyclic) bond motifs is 4. The highest BCUT2D eigenvalue weighted by Crippen LogP contribution is 2.39. The van der Waals surface area contributed by atoms with Crippen LogP contribution in [0, 0.1) is 0 Å². The minimum absolute atomic E-state index is 0.225. The molecule has 0 N–H and O–H groups in total. The Morgan fingerprint density at radius 3 is 2.90 bits per heavy atom. The molecule has 2 nitrogen and oxygen atoms in total. The fourth-order valence-corrected chi connectivity index (χ4v) is 2.87. The number of cyclic esters (lactones) is 1. The van der Waals surface area contributed by atoms with Crippen LogP contribution in [0.5, 0.6) is 0 Å². The summed E-state index contributed by atoms with van der Waals surface area (Å²) < 4.78 is 5.21. The van der Waals surface area contributed by atoms with E-state index in [0.717, 1.165) is 27.8 Å². The summed E-state index contributed by atoms with van der Waals surface area (Å²) in [5.41, 5.74) is 5.98. The molecule has 1 aromatic carbocycles. The first-order chi connectivity index (χ1) is 9.84. The van der Waals surface area contributed by atoms with Crippen molar-refractivity contribution < 1.29 is 9.53 Å². The molecule has 1 aliphatic heterocycles. The van der Waals surface area contributed by atoms with Gasteiger partial charge in [0.25, 0.3) is 0 Å². The van der Waals surface area contributed by atoms with Gasteiger partial charge in [0.1, 0.15) is 6.61 Å². The van der Waals surface area contributed by atoms with Gasteiger partial charge in [-0.25, -0.2) is 4.79 Å². The lowest BCUT2D eigenvalue weighted by atomic mass is 9.93. The summed E-state index contributed by atoms with van der Waals surface area (Å²) in [6.45, 7) is 0.362. The second-order valence-corrected chi connectivity index (χ2v) is 4.95. The normalized spacial score (nSPS) is 19.3. The van der Waals surface area contributed by atoms with Crippen LogP contribution < -0.4 is 0 Å². The molecule has 0 atom stereocenters. The fourth-order valence-electron chi connectivity index (χ4n) is 2.87. The summed E-state index contributed by atoms with van der Waals surface area (Å²) in [6.07, 6.45) is 12.1. The largest absolute Gasteiger partial charge is 0.457 e. The van der Waals surface area contributed by atoms with E-state index in [9.17, 15) is 4.79 Å². The number of esters is 1. The van der Waals surface area contributed by atoms with E-state index >= 15 is 0 Å². The third-order valence-corrected chi connectivity index (χ3v) is 3.77. The molecule has 0 saturated carbocycles. The summed E-state index contributed by atoms with van der Waals surface area (Å²) in [5.74, 6) is -0.225. The topological polar surface area (TPSA) is 26.3 Å². The fraction of sp³-hybridized carbons (Fsp3) is 0.0556. The van der Waals surface area contributed by atoms with Gasteiger partial charge in [0.2, 0.25) is 0 Å². The number of carbonyl (C=O) groups excluding carboxylic acids is 1. The van der Waals surface area contributed by atoms with Gasteiger partial charge in [-0.3, -0.25) is 0 Å². The molecule has 0 unspecified atom stereocenters. The Kier molecular flexibility index (Phi) is 2.36. The predicted molar refractivity (Wildman–Crippen MR) is 78.7 cm³/mol. The maximum atomic E-state index is 12.1. The van der Waals surface area contributed by atoms with E-state index in [-0.39, 0.29) is 5.97 Å². The van der Waals surface area contributed by atoms with Crippen molar-refractivity contribution in [2.24, 2.45) is 0 Å². The summed E-state index contributed by atoms with van der Waals surface area (Å²) in [4.78, 5) is 12.1. The average molecular weight is 260 g/mol. The molecule has 0 spiro atoms. The summed E-state index contributed by atoms with van der Waals surface area (Å²) in [6, 6.07) is 8.21. The van der Waals surface area contributed by atoms with Crippen LogP contribution in [0.4, 0.5) is 0 Å². The van der Waals surface area contributed by atoms with Gasteiger partial charge >= 0.3 is 5.97 Å². The van der Waals surface area contributed by atoms with E-state index < -0.39 is 0 Å². The van der Waals surface area contributed by atoms with Crippen molar-refractivity contribution in [2.45, 2.75) is 0 Å². The van der Waals surface area contributed by atoms with Crippen molar-refractivity contribution in [1.82, 2.24) is 0 Å². The van der Waals surface area contributed by atoms with Crippen molar-refractivity contribution in [3.63, 3.8) is 0 Å². The average Bonchev–Trinajstić information content (AvgIpc) is 2.66. The van der Waals surface area contributed by atoms with Crippen molar-refractivity contribution in [1.29, 1.82) is 0 Å². The van der Waals surface area contributed by atoms with Gasteiger partial charge in [0, 0.05) is 5.57 Å². The quantitative estimate of drug-likeness (QED) is 0.668. The predicted octanol–water partition coefficient (Wildman–Crippen LogP) is 3.45. The van der Waals surface area contributed by atoms with E-state index in [2.05, 4.69) is 24.3 Å². The van der Waals surface area contributed by atoms with E-state index in [1.54, 1.807) is 0 Å². The SMILES string of the molecule is O=C1OCC2=Cc3ccccc3C3=CC=CC=CC3=C12. The molecule has 20 heavy (non-hydrogen) atoms. The Balaban J connectivity index is 2.10. The van der Waals surface area contributed by atoms with Crippen LogP contribution in [0.2, 0.25) is 0 Å². The van der Waals surface area contributed by atoms with E-state index in [1.807, 2.05) is 36.4 Å². The number of carbonyl (C=O) groups is 1. The van der Waals surface area contributed by atoms with Gasteiger partial charge in [-0.2, -0.15) is 0 Å². The van der Waals surface area contributed by atoms with Crippen LogP contribution in [0.15, 0.2) is 71.4 Å². The van der Waals surface area contributed by atoms with Gasteiger partial charge in [0.05, 0.1) is 5.57 Å². The van der Waals surface area contributed by atoms with E-state index in [1.165, 1.54) is 0 Å². The van der Waals surface area contributed by atoms with Gasteiger partial charge in [-0.1, -0.05) is 54.6 Å². The number of benzene rings is 1. The smallest absolute Gasteiger partial charge is 0.339 e. The highest BCUT2D eigenvalue weighted by atomic mass is 16.5. The van der Waals surface area contributed by atoms with Crippen LogP contribution in [0.3, 0.4) is 0 Å². The first kappa shape index (κ1) is 11.2. The van der Waals surface area contributed by atoms with Crippen LogP contribution in [0.1, 0.15) is 11.1 Å². The number of ether oxygens (including phenoxy) is 1. The molecule has 0 amide bonds. The Hall–Kier alpha value is -2.61. The molecule has 2 aliphatic carbocycles. The molecule has 1 fully saturated rings. The van der Waals surface area contributed by atoms with Crippen LogP contribution in [0.25, 0.3) is 11.6 Å². The first-order valence-corrected chi connectivity index (χ1v) is 6.62. The Bertz CT molecular complexity index is 770. The number of hydrogen-bond acceptors (Lipinski definition) is 2. The number of hydrogen-bond donors (Lipinski definition) is 0.